The Balaban J connectivity index is 2.55. The molecule has 0 saturated carbocycles. The van der Waals surface area contributed by atoms with E-state index < -0.39 is 0 Å². The molecule has 0 aliphatic carbocycles. The van der Waals surface area contributed by atoms with E-state index in [1.54, 1.807) is 0 Å². The van der Waals surface area contributed by atoms with Crippen LogP contribution in [0.15, 0.2) is 24.3 Å². The van der Waals surface area contributed by atoms with Crippen LogP contribution in [0, 0.1) is 0 Å². The molecule has 16 heavy (non-hydrogen) atoms. The Morgan fingerprint density at radius 2 is 2.19 bits per heavy atom. The van der Waals surface area contributed by atoms with Gasteiger partial charge in [0.05, 0.1) is 6.04 Å². The van der Waals surface area contributed by atoms with Crippen molar-refractivity contribution in [1.82, 2.24) is 5.32 Å². The maximum atomic E-state index is 11.5. The van der Waals surface area contributed by atoms with E-state index in [-0.39, 0.29) is 11.9 Å². The fraction of sp³-hybridized carbons (Fsp3) is 0.417. The highest BCUT2D eigenvalue weighted by Crippen LogP contribution is 2.22. The predicted molar refractivity (Wildman–Crippen MR) is 66.3 cm³/mol. The van der Waals surface area contributed by atoms with E-state index in [0.29, 0.717) is 24.4 Å². The Morgan fingerprint density at radius 3 is 2.81 bits per heavy atom. The molecule has 3 N–H and O–H groups in total. The van der Waals surface area contributed by atoms with Crippen molar-refractivity contribution in [2.45, 2.75) is 25.8 Å². The van der Waals surface area contributed by atoms with Gasteiger partial charge < -0.3 is 11.1 Å². The summed E-state index contributed by atoms with van der Waals surface area (Å²) in [5, 5.41) is 3.57. The smallest absolute Gasteiger partial charge is 0.220 e. The van der Waals surface area contributed by atoms with Crippen LogP contribution in [0.5, 0.6) is 0 Å². The van der Waals surface area contributed by atoms with Gasteiger partial charge in [0.25, 0.3) is 0 Å². The van der Waals surface area contributed by atoms with Crippen molar-refractivity contribution in [2.24, 2.45) is 5.73 Å². The molecule has 1 rings (SSSR count). The van der Waals surface area contributed by atoms with E-state index in [2.05, 4.69) is 5.32 Å². The van der Waals surface area contributed by atoms with E-state index >= 15 is 0 Å². The first-order valence-electron chi connectivity index (χ1n) is 5.39. The van der Waals surface area contributed by atoms with Crippen LogP contribution in [-0.2, 0) is 4.79 Å². The number of carbonyl (C=O) groups excluding carboxylic acids is 1. The van der Waals surface area contributed by atoms with Crippen molar-refractivity contribution in [2.75, 3.05) is 6.54 Å². The van der Waals surface area contributed by atoms with E-state index in [0.717, 1.165) is 5.56 Å². The van der Waals surface area contributed by atoms with Crippen molar-refractivity contribution in [1.29, 1.82) is 0 Å². The highest BCUT2D eigenvalue weighted by molar-refractivity contribution is 6.31. The van der Waals surface area contributed by atoms with Gasteiger partial charge in [-0.1, -0.05) is 29.8 Å². The zero-order valence-corrected chi connectivity index (χ0v) is 10.1. The molecule has 1 atom stereocenters. The molecule has 0 spiro atoms. The van der Waals surface area contributed by atoms with E-state index in [1.165, 1.54) is 0 Å². The number of hydrogen-bond acceptors (Lipinski definition) is 2. The molecule has 0 radical (unpaired) electrons. The van der Waals surface area contributed by atoms with Gasteiger partial charge >= 0.3 is 0 Å². The summed E-state index contributed by atoms with van der Waals surface area (Å²) >= 11 is 6.04. The second kappa shape index (κ2) is 6.51. The normalized spacial score (nSPS) is 12.2. The predicted octanol–water partition coefficient (Wildman–Crippen LogP) is 2.26. The lowest BCUT2D eigenvalue weighted by molar-refractivity contribution is -0.121. The molecular formula is C12H17ClN2O. The van der Waals surface area contributed by atoms with Gasteiger partial charge in [-0.15, -0.1) is 0 Å². The summed E-state index contributed by atoms with van der Waals surface area (Å²) in [5.41, 5.74) is 6.28. The first-order valence-corrected chi connectivity index (χ1v) is 5.76. The standard InChI is InChI=1S/C12H17ClN2O/c1-9(15-12(16)7-4-8-14)10-5-2-3-6-11(10)13/h2-3,5-6,9H,4,7-8,14H2,1H3,(H,15,16)/t9-/m0/s1. The van der Waals surface area contributed by atoms with Crippen molar-refractivity contribution in [3.8, 4) is 0 Å². The second-order valence-electron chi connectivity index (χ2n) is 3.70. The monoisotopic (exact) mass is 240 g/mol. The molecule has 0 aliphatic rings. The summed E-state index contributed by atoms with van der Waals surface area (Å²) in [6.07, 6.45) is 1.17. The number of hydrogen-bond donors (Lipinski definition) is 2. The average molecular weight is 241 g/mol. The van der Waals surface area contributed by atoms with Crippen molar-refractivity contribution in [3.05, 3.63) is 34.9 Å². The Kier molecular flexibility index (Phi) is 5.29. The second-order valence-corrected chi connectivity index (χ2v) is 4.11. The highest BCUT2D eigenvalue weighted by Gasteiger charge is 2.11. The fourth-order valence-corrected chi connectivity index (χ4v) is 1.78. The van der Waals surface area contributed by atoms with Gasteiger partial charge in [-0.3, -0.25) is 4.79 Å². The molecule has 0 unspecified atom stereocenters. The van der Waals surface area contributed by atoms with Crippen LogP contribution in [0.25, 0.3) is 0 Å². The summed E-state index contributed by atoms with van der Waals surface area (Å²) in [6, 6.07) is 7.44. The zero-order valence-electron chi connectivity index (χ0n) is 9.37. The van der Waals surface area contributed by atoms with Crippen LogP contribution in [0.4, 0.5) is 0 Å². The number of halogens is 1. The van der Waals surface area contributed by atoms with Gasteiger partial charge in [0, 0.05) is 11.4 Å². The van der Waals surface area contributed by atoms with Gasteiger partial charge in [-0.25, -0.2) is 0 Å². The van der Waals surface area contributed by atoms with Gasteiger partial charge in [0.2, 0.25) is 5.91 Å². The van der Waals surface area contributed by atoms with Crippen LogP contribution < -0.4 is 11.1 Å². The van der Waals surface area contributed by atoms with Gasteiger partial charge in [0.15, 0.2) is 0 Å². The van der Waals surface area contributed by atoms with Crippen molar-refractivity contribution in [3.63, 3.8) is 0 Å². The third kappa shape index (κ3) is 3.83. The average Bonchev–Trinajstić information content (AvgIpc) is 2.26. The molecule has 88 valence electrons. The molecule has 0 aliphatic heterocycles. The van der Waals surface area contributed by atoms with Crippen molar-refractivity contribution >= 4 is 17.5 Å². The SMILES string of the molecule is C[C@H](NC(=O)CCCN)c1ccccc1Cl. The van der Waals surface area contributed by atoms with Crippen LogP contribution in [0.2, 0.25) is 5.02 Å². The van der Waals surface area contributed by atoms with Crippen LogP contribution in [0.3, 0.4) is 0 Å². The molecule has 0 saturated heterocycles. The largest absolute Gasteiger partial charge is 0.350 e. The Hall–Kier alpha value is -1.06. The number of amides is 1. The lowest BCUT2D eigenvalue weighted by atomic mass is 10.1. The molecule has 3 nitrogen and oxygen atoms in total. The highest BCUT2D eigenvalue weighted by atomic mass is 35.5. The minimum atomic E-state index is -0.0704. The molecule has 0 bridgehead atoms. The topological polar surface area (TPSA) is 55.1 Å². The Bertz CT molecular complexity index is 355. The number of nitrogens with one attached hydrogen (secondary N) is 1. The van der Waals surface area contributed by atoms with Crippen LogP contribution >= 0.6 is 11.6 Å². The first kappa shape index (κ1) is 13.0. The zero-order chi connectivity index (χ0) is 12.0. The van der Waals surface area contributed by atoms with Gasteiger partial charge in [0.1, 0.15) is 0 Å². The molecule has 1 amide bonds. The van der Waals surface area contributed by atoms with Crippen LogP contribution in [0.1, 0.15) is 31.4 Å². The molecule has 0 fully saturated rings. The number of benzene rings is 1. The quantitative estimate of drug-likeness (QED) is 0.830. The minimum absolute atomic E-state index is 0.0119. The number of carbonyl (C=O) groups is 1. The molecule has 4 heteroatoms. The maximum absolute atomic E-state index is 11.5. The third-order valence-corrected chi connectivity index (χ3v) is 2.70. The first-order chi connectivity index (χ1) is 7.65. The lowest BCUT2D eigenvalue weighted by Gasteiger charge is -2.15. The van der Waals surface area contributed by atoms with E-state index in [1.807, 2.05) is 31.2 Å². The van der Waals surface area contributed by atoms with E-state index in [4.69, 9.17) is 17.3 Å². The lowest BCUT2D eigenvalue weighted by Crippen LogP contribution is -2.27. The number of rotatable bonds is 5. The van der Waals surface area contributed by atoms with Gasteiger partial charge in [-0.05, 0) is 31.5 Å². The van der Waals surface area contributed by atoms with Crippen LogP contribution in [-0.4, -0.2) is 12.5 Å². The van der Waals surface area contributed by atoms with E-state index in [9.17, 15) is 4.79 Å². The summed E-state index contributed by atoms with van der Waals surface area (Å²) in [7, 11) is 0. The third-order valence-electron chi connectivity index (χ3n) is 2.36. The maximum Gasteiger partial charge on any atom is 0.220 e. The molecular weight excluding hydrogens is 224 g/mol. The van der Waals surface area contributed by atoms with Gasteiger partial charge in [-0.2, -0.15) is 0 Å². The minimum Gasteiger partial charge on any atom is -0.350 e. The molecule has 1 aromatic rings. The van der Waals surface area contributed by atoms with Crippen molar-refractivity contribution < 1.29 is 4.79 Å². The Labute approximate surface area is 101 Å². The fourth-order valence-electron chi connectivity index (χ4n) is 1.48. The number of nitrogens with two attached hydrogens (primary N) is 1. The summed E-state index contributed by atoms with van der Waals surface area (Å²) < 4.78 is 0. The summed E-state index contributed by atoms with van der Waals surface area (Å²) in [5.74, 6) is 0.0119. The molecule has 0 heterocycles. The summed E-state index contributed by atoms with van der Waals surface area (Å²) in [4.78, 5) is 11.5. The summed E-state index contributed by atoms with van der Waals surface area (Å²) in [6.45, 7) is 2.45. The molecule has 1 aromatic carbocycles. The molecule has 0 aromatic heterocycles. The Morgan fingerprint density at radius 1 is 1.50 bits per heavy atom.